The highest BCUT2D eigenvalue weighted by atomic mass is 32.2. The number of ether oxygens (including phenoxy) is 3. The molecule has 2 aromatic carbocycles. The summed E-state index contributed by atoms with van der Waals surface area (Å²) in [5, 5.41) is 2.43. The smallest absolute Gasteiger partial charge is 0.444 e. The molecule has 1 heterocycles. The molecule has 0 saturated carbocycles. The Morgan fingerprint density at radius 3 is 2.24 bits per heavy atom. The highest BCUT2D eigenvalue weighted by Crippen LogP contribution is 2.28. The van der Waals surface area contributed by atoms with E-state index in [2.05, 4.69) is 14.8 Å². The van der Waals surface area contributed by atoms with Crippen LogP contribution in [0.4, 0.5) is 31.1 Å². The zero-order valence-electron chi connectivity index (χ0n) is 22.5. The van der Waals surface area contributed by atoms with E-state index in [0.717, 1.165) is 45.6 Å². The Kier molecular flexibility index (Phi) is 9.87. The summed E-state index contributed by atoms with van der Waals surface area (Å²) in [6, 6.07) is 4.77. The Balaban J connectivity index is 1.84. The second-order valence-corrected chi connectivity index (χ2v) is 11.8. The van der Waals surface area contributed by atoms with Crippen LogP contribution in [0.5, 0.6) is 11.5 Å². The summed E-state index contributed by atoms with van der Waals surface area (Å²) >= 11 is 0. The lowest BCUT2D eigenvalue weighted by Gasteiger charge is -2.39. The van der Waals surface area contributed by atoms with Gasteiger partial charge in [-0.25, -0.2) is 17.6 Å². The van der Waals surface area contributed by atoms with Crippen molar-refractivity contribution in [3.8, 4) is 11.5 Å². The fraction of sp³-hybridized carbons (Fsp3) is 0.440. The van der Waals surface area contributed by atoms with Gasteiger partial charge in [-0.3, -0.25) is 4.79 Å². The summed E-state index contributed by atoms with van der Waals surface area (Å²) in [6.45, 7) is 0.204. The van der Waals surface area contributed by atoms with Crippen LogP contribution < -0.4 is 14.8 Å². The van der Waals surface area contributed by atoms with Crippen molar-refractivity contribution in [3.05, 3.63) is 53.8 Å². The monoisotopic (exact) mass is 627 g/mol. The van der Waals surface area contributed by atoms with Crippen LogP contribution >= 0.6 is 0 Å². The maximum Gasteiger partial charge on any atom is 0.573 e. The molecule has 0 aromatic heterocycles. The van der Waals surface area contributed by atoms with Crippen LogP contribution in [-0.4, -0.2) is 73.9 Å². The second-order valence-electron chi connectivity index (χ2n) is 9.94. The van der Waals surface area contributed by atoms with Crippen LogP contribution in [0.3, 0.4) is 0 Å². The van der Waals surface area contributed by atoms with Crippen molar-refractivity contribution in [1.82, 2.24) is 14.5 Å². The van der Waals surface area contributed by atoms with Crippen molar-refractivity contribution in [3.63, 3.8) is 0 Å². The van der Waals surface area contributed by atoms with Gasteiger partial charge in [0.25, 0.3) is 0 Å². The quantitative estimate of drug-likeness (QED) is 0.436. The predicted octanol–water partition coefficient (Wildman–Crippen LogP) is 4.25. The van der Waals surface area contributed by atoms with Crippen LogP contribution in [0.25, 0.3) is 0 Å². The van der Waals surface area contributed by atoms with Gasteiger partial charge in [0.15, 0.2) is 11.6 Å². The van der Waals surface area contributed by atoms with Crippen molar-refractivity contribution in [1.29, 1.82) is 0 Å². The zero-order valence-corrected chi connectivity index (χ0v) is 23.3. The van der Waals surface area contributed by atoms with Crippen molar-refractivity contribution in [2.45, 2.75) is 56.8 Å². The van der Waals surface area contributed by atoms with E-state index in [4.69, 9.17) is 4.74 Å². The van der Waals surface area contributed by atoms with Gasteiger partial charge in [-0.2, -0.15) is 13.1 Å². The first kappa shape index (κ1) is 32.8. The van der Waals surface area contributed by atoms with Gasteiger partial charge in [0.05, 0.1) is 4.90 Å². The van der Waals surface area contributed by atoms with E-state index in [1.54, 1.807) is 20.8 Å². The lowest BCUT2D eigenvalue weighted by Crippen LogP contribution is -2.61. The molecule has 1 atom stereocenters. The minimum Gasteiger partial charge on any atom is -0.444 e. The number of nitrogens with zero attached hydrogens (tertiary/aromatic N) is 2. The van der Waals surface area contributed by atoms with Crippen LogP contribution in [0, 0.1) is 5.82 Å². The second kappa shape index (κ2) is 12.6. The fourth-order valence-electron chi connectivity index (χ4n) is 3.86. The first-order valence-corrected chi connectivity index (χ1v) is 13.7. The number of carbonyl (C=O) groups is 2. The molecule has 0 bridgehead atoms. The SMILES string of the molecule is CC(C)(C)OC(=O)N1CCN(S(=O)(=O)c2ccc(OC(F)(F)F)cc2)[C@@H](C(=O)NCc2ccc(OC(F)F)c(F)c2)C1. The molecule has 2 amide bonds. The molecule has 232 valence electrons. The molecule has 42 heavy (non-hydrogen) atoms. The van der Waals surface area contributed by atoms with E-state index < -0.39 is 75.4 Å². The van der Waals surface area contributed by atoms with Gasteiger partial charge >= 0.3 is 19.1 Å². The number of nitrogens with one attached hydrogen (secondary N) is 1. The fourth-order valence-corrected chi connectivity index (χ4v) is 5.43. The molecule has 1 aliphatic heterocycles. The van der Waals surface area contributed by atoms with Crippen LogP contribution in [0.1, 0.15) is 26.3 Å². The standard InChI is InChI=1S/C25H27F6N3O7S/c1-24(2,3)41-23(36)33-10-11-34(42(37,38)17-7-5-16(6-8-17)40-25(29,30)31)19(14-33)21(35)32-13-15-4-9-20(18(26)12-15)39-22(27)28/h4-9,12,19,22H,10-11,13-14H2,1-3H3,(H,32,35)/t19-/m1/s1. The molecule has 1 N–H and O–H groups in total. The number of piperazine rings is 1. The minimum atomic E-state index is -5.00. The van der Waals surface area contributed by atoms with E-state index in [0.29, 0.717) is 0 Å². The Labute approximate surface area is 237 Å². The van der Waals surface area contributed by atoms with Crippen molar-refractivity contribution >= 4 is 22.0 Å². The summed E-state index contributed by atoms with van der Waals surface area (Å²) in [6.07, 6.45) is -5.82. The minimum absolute atomic E-state index is 0.122. The van der Waals surface area contributed by atoms with Gasteiger partial charge in [0.1, 0.15) is 17.4 Å². The Hall–Kier alpha value is -3.73. The third-order valence-corrected chi connectivity index (χ3v) is 7.55. The molecule has 3 rings (SSSR count). The van der Waals surface area contributed by atoms with Gasteiger partial charge in [-0.15, -0.1) is 13.2 Å². The van der Waals surface area contributed by atoms with E-state index in [-0.39, 0.29) is 25.2 Å². The number of halogens is 6. The number of carbonyl (C=O) groups excluding carboxylic acids is 2. The first-order valence-electron chi connectivity index (χ1n) is 12.2. The van der Waals surface area contributed by atoms with Crippen molar-refractivity contribution in [2.75, 3.05) is 19.6 Å². The molecule has 17 heteroatoms. The molecule has 10 nitrogen and oxygen atoms in total. The Morgan fingerprint density at radius 1 is 1.05 bits per heavy atom. The van der Waals surface area contributed by atoms with Crippen molar-refractivity contribution in [2.24, 2.45) is 0 Å². The van der Waals surface area contributed by atoms with Crippen LogP contribution in [0.15, 0.2) is 47.4 Å². The van der Waals surface area contributed by atoms with Crippen LogP contribution in [0.2, 0.25) is 0 Å². The topological polar surface area (TPSA) is 114 Å². The Morgan fingerprint density at radius 2 is 1.69 bits per heavy atom. The maximum absolute atomic E-state index is 14.1. The molecule has 1 fully saturated rings. The number of hydrogen-bond acceptors (Lipinski definition) is 7. The highest BCUT2D eigenvalue weighted by Gasteiger charge is 2.42. The number of hydrogen-bond donors (Lipinski definition) is 1. The maximum atomic E-state index is 14.1. The molecular weight excluding hydrogens is 600 g/mol. The third kappa shape index (κ3) is 8.88. The summed E-state index contributed by atoms with van der Waals surface area (Å²) in [5.41, 5.74) is -0.778. The lowest BCUT2D eigenvalue weighted by atomic mass is 10.1. The molecule has 2 aromatic rings. The van der Waals surface area contributed by atoms with Crippen LogP contribution in [-0.2, 0) is 26.1 Å². The molecule has 0 unspecified atom stereocenters. The van der Waals surface area contributed by atoms with Gasteiger partial charge in [-0.05, 0) is 62.7 Å². The third-order valence-electron chi connectivity index (χ3n) is 5.63. The Bertz CT molecular complexity index is 1380. The van der Waals surface area contributed by atoms with Crippen molar-refractivity contribution < 1.29 is 58.6 Å². The summed E-state index contributed by atoms with van der Waals surface area (Å²) in [7, 11) is -4.50. The normalized spacial score (nSPS) is 16.7. The molecular formula is C25H27F6N3O7S. The summed E-state index contributed by atoms with van der Waals surface area (Å²) in [5.74, 6) is -3.41. The number of benzene rings is 2. The predicted molar refractivity (Wildman–Crippen MR) is 133 cm³/mol. The number of sulfonamides is 1. The molecule has 0 radical (unpaired) electrons. The molecule has 0 spiro atoms. The first-order chi connectivity index (χ1) is 19.4. The van der Waals surface area contributed by atoms with Gasteiger partial charge in [0.2, 0.25) is 15.9 Å². The number of alkyl halides is 5. The van der Waals surface area contributed by atoms with E-state index in [9.17, 15) is 44.3 Å². The highest BCUT2D eigenvalue weighted by molar-refractivity contribution is 7.89. The zero-order chi connectivity index (χ0) is 31.5. The largest absolute Gasteiger partial charge is 0.573 e. The number of rotatable bonds is 8. The van der Waals surface area contributed by atoms with Gasteiger partial charge in [0, 0.05) is 26.2 Å². The van der Waals surface area contributed by atoms with E-state index in [1.807, 2.05) is 0 Å². The van der Waals surface area contributed by atoms with E-state index in [1.165, 1.54) is 6.07 Å². The lowest BCUT2D eigenvalue weighted by molar-refractivity contribution is -0.274. The summed E-state index contributed by atoms with van der Waals surface area (Å²) in [4.78, 5) is 26.6. The van der Waals surface area contributed by atoms with Gasteiger partial charge < -0.3 is 24.4 Å². The molecule has 1 aliphatic rings. The molecule has 1 saturated heterocycles. The van der Waals surface area contributed by atoms with E-state index >= 15 is 0 Å². The number of amides is 2. The average molecular weight is 628 g/mol. The summed E-state index contributed by atoms with van der Waals surface area (Å²) < 4.78 is 117. The van der Waals surface area contributed by atoms with Gasteiger partial charge in [-0.1, -0.05) is 6.07 Å². The average Bonchev–Trinajstić information content (AvgIpc) is 2.86. The molecule has 0 aliphatic carbocycles.